The summed E-state index contributed by atoms with van der Waals surface area (Å²) in [6, 6.07) is 89.1. The number of benzene rings is 11. The van der Waals surface area contributed by atoms with E-state index in [1.165, 1.54) is 38.1 Å². The molecule has 11 aromatic carbocycles. The van der Waals surface area contributed by atoms with Crippen LogP contribution in [0.4, 0.5) is 0 Å². The minimum absolute atomic E-state index is 0.446. The predicted octanol–water partition coefficient (Wildman–Crippen LogP) is 16.6. The number of aromatic nitrogens is 3. The van der Waals surface area contributed by atoms with Crippen molar-refractivity contribution in [3.63, 3.8) is 0 Å². The number of hydrogen-bond acceptors (Lipinski definition) is 5. The molecule has 12 aromatic rings. The van der Waals surface area contributed by atoms with E-state index in [-0.39, 0.29) is 0 Å². The lowest BCUT2D eigenvalue weighted by atomic mass is 9.83. The second-order valence-corrected chi connectivity index (χ2v) is 18.0. The van der Waals surface area contributed by atoms with Gasteiger partial charge in [-0.1, -0.05) is 255 Å². The van der Waals surface area contributed by atoms with Crippen LogP contribution in [0.25, 0.3) is 105 Å². The highest BCUT2D eigenvalue weighted by molar-refractivity contribution is 6.19. The Morgan fingerprint density at radius 3 is 1.24 bits per heavy atom. The smallest absolute Gasteiger partial charge is 0.164 e. The topological polar surface area (TPSA) is 77.5 Å². The van der Waals surface area contributed by atoms with Crippen molar-refractivity contribution in [1.29, 1.82) is 0 Å². The molecule has 1 aromatic heterocycles. The third-order valence-electron chi connectivity index (χ3n) is 13.5. The Hall–Kier alpha value is -9.65. The molecule has 0 fully saturated rings. The van der Waals surface area contributed by atoms with Crippen molar-refractivity contribution in [3.8, 4) is 67.5 Å². The fraction of sp³-hybridized carbons (Fsp3) is 0.0152. The first kappa shape index (κ1) is 42.5. The van der Waals surface area contributed by atoms with Gasteiger partial charge in [-0.2, -0.15) is 0 Å². The largest absolute Gasteiger partial charge is 0.438 e. The molecule has 0 aliphatic carbocycles. The first-order valence-electron chi connectivity index (χ1n) is 24.2. The second kappa shape index (κ2) is 18.3. The normalized spacial score (nSPS) is 13.4. The monoisotopic (exact) mass is 919 g/mol. The minimum atomic E-state index is -0.446. The molecule has 0 saturated carbocycles. The van der Waals surface area contributed by atoms with Gasteiger partial charge in [0.2, 0.25) is 0 Å². The minimum Gasteiger partial charge on any atom is -0.438 e. The number of hydrogen-bond donors (Lipinski definition) is 0. The third-order valence-corrected chi connectivity index (χ3v) is 13.5. The van der Waals surface area contributed by atoms with Crippen LogP contribution in [-0.4, -0.2) is 26.6 Å². The Labute approximate surface area is 417 Å². The molecule has 0 bridgehead atoms. The van der Waals surface area contributed by atoms with Crippen molar-refractivity contribution in [2.75, 3.05) is 0 Å². The fourth-order valence-electron chi connectivity index (χ4n) is 9.90. The standard InChI is InChI=1S/C66H43N6/c1-4-19-48(20-5-1)61-67-62(49-21-6-2-7-22-49)69-64(68-61)51-33-29-46(30-34-51)57-40-38-44-17-12-14-26-55(44)59(57)60-56-27-15-13-18-45(56)39-41-58(60)47-31-35-52(36-32-47)65-70-63(50-23-8-3-9-24-50)71-66(72-65)54-37-28-43-16-10-11-25-53(43)42-54/h1-42,66H/q-1. The van der Waals surface area contributed by atoms with Gasteiger partial charge in [0.05, 0.1) is 12.0 Å². The average Bonchev–Trinajstić information content (AvgIpc) is 3.47. The van der Waals surface area contributed by atoms with Crippen LogP contribution < -0.4 is 0 Å². The summed E-state index contributed by atoms with van der Waals surface area (Å²) in [7, 11) is 0. The SMILES string of the molecule is c1ccc(C2=NC(c3ccc4ccccc4c3)[N-]C(c3ccc(-c4ccc5ccccc5c4-c4c(-c5ccc(-c6nc(-c7ccccc7)nc(-c7ccccc7)n6)cc5)ccc5ccccc45)cc3)=N2)cc1. The van der Waals surface area contributed by atoms with Crippen LogP contribution in [0, 0.1) is 0 Å². The van der Waals surface area contributed by atoms with E-state index in [1.807, 2.05) is 78.9 Å². The molecule has 1 aliphatic rings. The van der Waals surface area contributed by atoms with Crippen molar-refractivity contribution in [2.24, 2.45) is 9.98 Å². The predicted molar refractivity (Wildman–Crippen MR) is 297 cm³/mol. The number of rotatable bonds is 9. The average molecular weight is 920 g/mol. The van der Waals surface area contributed by atoms with Gasteiger partial charge in [0.1, 0.15) is 0 Å². The maximum Gasteiger partial charge on any atom is 0.164 e. The third kappa shape index (κ3) is 8.07. The Morgan fingerprint density at radius 1 is 0.306 bits per heavy atom. The molecule has 0 spiro atoms. The van der Waals surface area contributed by atoms with Crippen molar-refractivity contribution >= 4 is 44.0 Å². The lowest BCUT2D eigenvalue weighted by Crippen LogP contribution is -2.15. The maximum absolute atomic E-state index is 5.21. The Balaban J connectivity index is 0.913. The zero-order valence-electron chi connectivity index (χ0n) is 39.0. The van der Waals surface area contributed by atoms with Gasteiger partial charge in [-0.25, -0.2) is 15.0 Å². The Morgan fingerprint density at radius 2 is 0.708 bits per heavy atom. The van der Waals surface area contributed by atoms with Gasteiger partial charge in [0.15, 0.2) is 17.5 Å². The summed E-state index contributed by atoms with van der Waals surface area (Å²) >= 11 is 0. The van der Waals surface area contributed by atoms with Crippen LogP contribution in [0.2, 0.25) is 0 Å². The zero-order valence-corrected chi connectivity index (χ0v) is 39.0. The van der Waals surface area contributed by atoms with E-state index in [0.717, 1.165) is 61.0 Å². The molecular weight excluding hydrogens is 877 g/mol. The number of nitrogens with zero attached hydrogens (tertiary/aromatic N) is 6. The van der Waals surface area contributed by atoms with Gasteiger partial charge in [-0.05, 0) is 88.5 Å². The maximum atomic E-state index is 5.21. The highest BCUT2D eigenvalue weighted by Crippen LogP contribution is 2.46. The first-order chi connectivity index (χ1) is 35.7. The van der Waals surface area contributed by atoms with Gasteiger partial charge in [0.25, 0.3) is 0 Å². The van der Waals surface area contributed by atoms with Gasteiger partial charge < -0.3 is 10.3 Å². The van der Waals surface area contributed by atoms with Gasteiger partial charge in [-0.15, -0.1) is 0 Å². The van der Waals surface area contributed by atoms with Crippen LogP contribution in [0.3, 0.4) is 0 Å². The first-order valence-corrected chi connectivity index (χ1v) is 24.2. The van der Waals surface area contributed by atoms with E-state index in [9.17, 15) is 0 Å². The second-order valence-electron chi connectivity index (χ2n) is 18.0. The quantitative estimate of drug-likeness (QED) is 0.145. The van der Waals surface area contributed by atoms with Crippen molar-refractivity contribution in [2.45, 2.75) is 6.17 Å². The number of amidine groups is 2. The molecular formula is C66H43N6-. The molecule has 1 unspecified atom stereocenters. The zero-order chi connectivity index (χ0) is 47.8. The van der Waals surface area contributed by atoms with E-state index in [1.54, 1.807) is 0 Å². The van der Waals surface area contributed by atoms with E-state index in [0.29, 0.717) is 29.1 Å². The summed E-state index contributed by atoms with van der Waals surface area (Å²) in [5, 5.41) is 12.2. The molecule has 0 saturated heterocycles. The molecule has 0 amide bonds. The lowest BCUT2D eigenvalue weighted by molar-refractivity contribution is 0.880. The van der Waals surface area contributed by atoms with E-state index in [2.05, 4.69) is 176 Å². The Kier molecular flexibility index (Phi) is 10.8. The molecule has 1 aliphatic heterocycles. The lowest BCUT2D eigenvalue weighted by Gasteiger charge is -2.32. The van der Waals surface area contributed by atoms with Crippen LogP contribution in [0.1, 0.15) is 22.9 Å². The van der Waals surface area contributed by atoms with E-state index >= 15 is 0 Å². The van der Waals surface area contributed by atoms with E-state index in [4.69, 9.17) is 30.3 Å². The highest BCUT2D eigenvalue weighted by Gasteiger charge is 2.21. The van der Waals surface area contributed by atoms with Gasteiger partial charge in [-0.3, -0.25) is 4.99 Å². The van der Waals surface area contributed by atoms with Crippen molar-refractivity contribution in [3.05, 3.63) is 277 Å². The summed E-state index contributed by atoms with van der Waals surface area (Å²) in [5.74, 6) is 3.20. The molecule has 2 heterocycles. The molecule has 338 valence electrons. The summed E-state index contributed by atoms with van der Waals surface area (Å²) in [6.45, 7) is 0. The summed E-state index contributed by atoms with van der Waals surface area (Å²) in [4.78, 5) is 25.2. The van der Waals surface area contributed by atoms with E-state index < -0.39 is 6.17 Å². The fourth-order valence-corrected chi connectivity index (χ4v) is 9.90. The van der Waals surface area contributed by atoms with Crippen LogP contribution >= 0.6 is 0 Å². The highest BCUT2D eigenvalue weighted by atomic mass is 15.2. The molecule has 6 heteroatoms. The van der Waals surface area contributed by atoms with Crippen LogP contribution in [-0.2, 0) is 0 Å². The molecule has 13 rings (SSSR count). The summed E-state index contributed by atoms with van der Waals surface area (Å²) < 4.78 is 0. The number of aliphatic imine (C=N–C) groups is 2. The van der Waals surface area contributed by atoms with Gasteiger partial charge in [0, 0.05) is 16.7 Å². The van der Waals surface area contributed by atoms with Crippen LogP contribution in [0.15, 0.2) is 265 Å². The molecule has 0 radical (unpaired) electrons. The van der Waals surface area contributed by atoms with Gasteiger partial charge >= 0.3 is 0 Å². The molecule has 6 nitrogen and oxygen atoms in total. The van der Waals surface area contributed by atoms with Crippen molar-refractivity contribution in [1.82, 2.24) is 15.0 Å². The molecule has 72 heavy (non-hydrogen) atoms. The molecule has 0 N–H and O–H groups in total. The Bertz CT molecular complexity index is 3980. The summed E-state index contributed by atoms with van der Waals surface area (Å²) in [6.07, 6.45) is -0.446. The number of fused-ring (bicyclic) bond motifs is 3. The molecule has 1 atom stereocenters. The van der Waals surface area contributed by atoms with Crippen LogP contribution in [0.5, 0.6) is 0 Å². The van der Waals surface area contributed by atoms with Crippen molar-refractivity contribution < 1.29 is 0 Å². The summed E-state index contributed by atoms with van der Waals surface area (Å²) in [5.41, 5.74) is 12.4.